The second-order valence-corrected chi connectivity index (χ2v) is 6.60. The molecule has 0 amide bonds. The van der Waals surface area contributed by atoms with Crippen molar-refractivity contribution in [1.82, 2.24) is 14.5 Å². The van der Waals surface area contributed by atoms with Gasteiger partial charge in [0.25, 0.3) is 0 Å². The smallest absolute Gasteiger partial charge is 0.0955 e. The fraction of sp³-hybridized carbons (Fsp3) is 0.562. The molecule has 108 valence electrons. The minimum absolute atomic E-state index is 0.0479. The number of fused-ring (bicyclic) bond motifs is 1. The molecule has 0 radical (unpaired) electrons. The molecule has 0 spiro atoms. The Kier molecular flexibility index (Phi) is 3.99. The Morgan fingerprint density at radius 2 is 2.30 bits per heavy atom. The second-order valence-electron chi connectivity index (χ2n) is 6.08. The van der Waals surface area contributed by atoms with Crippen LogP contribution in [0.25, 0.3) is 11.0 Å². The summed E-state index contributed by atoms with van der Waals surface area (Å²) in [5, 5.41) is 0.0479. The Hall–Kier alpha value is -1.06. The summed E-state index contributed by atoms with van der Waals surface area (Å²) in [6.45, 7) is 5.62. The lowest BCUT2D eigenvalue weighted by Gasteiger charge is -2.32. The minimum atomic E-state index is 0.0479. The van der Waals surface area contributed by atoms with E-state index in [-0.39, 0.29) is 5.38 Å². The Morgan fingerprint density at radius 1 is 1.45 bits per heavy atom. The van der Waals surface area contributed by atoms with Crippen molar-refractivity contribution in [2.24, 2.45) is 13.0 Å². The van der Waals surface area contributed by atoms with Crippen LogP contribution in [0.5, 0.6) is 0 Å². The number of piperidine rings is 1. The molecule has 1 aliphatic rings. The van der Waals surface area contributed by atoms with Crippen LogP contribution in [0.4, 0.5) is 0 Å². The average Bonchev–Trinajstić information content (AvgIpc) is 2.80. The summed E-state index contributed by atoms with van der Waals surface area (Å²) in [5.41, 5.74) is 3.36. The Bertz CT molecular complexity index is 592. The van der Waals surface area contributed by atoms with Crippen molar-refractivity contribution in [3.8, 4) is 0 Å². The third kappa shape index (κ3) is 2.84. The molecular formula is C16H22ClN3. The van der Waals surface area contributed by atoms with Gasteiger partial charge in [-0.1, -0.05) is 13.0 Å². The summed E-state index contributed by atoms with van der Waals surface area (Å²) in [7, 11) is 2.02. The molecule has 1 aromatic carbocycles. The molecule has 0 aliphatic carbocycles. The molecular weight excluding hydrogens is 270 g/mol. The highest BCUT2D eigenvalue weighted by atomic mass is 35.5. The van der Waals surface area contributed by atoms with Crippen molar-refractivity contribution >= 4 is 22.6 Å². The molecule has 1 aliphatic heterocycles. The first-order valence-electron chi connectivity index (χ1n) is 7.41. The normalized spacial score (nSPS) is 22.2. The standard InChI is InChI=1S/C16H22ClN3/c1-12-4-3-7-20(9-12)10-14(17)13-5-6-16-15(8-13)18-11-19(16)2/h5-6,8,11-12,14H,3-4,7,9-10H2,1-2H3. The number of halogens is 1. The van der Waals surface area contributed by atoms with E-state index in [0.29, 0.717) is 0 Å². The first-order chi connectivity index (χ1) is 9.63. The van der Waals surface area contributed by atoms with Crippen LogP contribution >= 0.6 is 11.6 Å². The minimum Gasteiger partial charge on any atom is -0.334 e. The number of benzene rings is 1. The number of rotatable bonds is 3. The van der Waals surface area contributed by atoms with Crippen LogP contribution in [0, 0.1) is 5.92 Å². The van der Waals surface area contributed by atoms with Crippen LogP contribution in [-0.4, -0.2) is 34.1 Å². The van der Waals surface area contributed by atoms with E-state index in [2.05, 4.69) is 35.0 Å². The molecule has 2 unspecified atom stereocenters. The van der Waals surface area contributed by atoms with Gasteiger partial charge in [0.15, 0.2) is 0 Å². The van der Waals surface area contributed by atoms with Crippen LogP contribution in [0.15, 0.2) is 24.5 Å². The third-order valence-electron chi connectivity index (χ3n) is 4.27. The summed E-state index contributed by atoms with van der Waals surface area (Å²) in [4.78, 5) is 6.91. The molecule has 20 heavy (non-hydrogen) atoms. The zero-order valence-electron chi connectivity index (χ0n) is 12.2. The van der Waals surface area contributed by atoms with E-state index in [1.54, 1.807) is 0 Å². The number of hydrogen-bond acceptors (Lipinski definition) is 2. The van der Waals surface area contributed by atoms with Crippen LogP contribution in [-0.2, 0) is 7.05 Å². The highest BCUT2D eigenvalue weighted by Crippen LogP contribution is 2.26. The fourth-order valence-corrected chi connectivity index (χ4v) is 3.46. The lowest BCUT2D eigenvalue weighted by atomic mass is 9.99. The highest BCUT2D eigenvalue weighted by molar-refractivity contribution is 6.21. The Balaban J connectivity index is 1.73. The van der Waals surface area contributed by atoms with Gasteiger partial charge in [-0.15, -0.1) is 11.6 Å². The van der Waals surface area contributed by atoms with E-state index in [9.17, 15) is 0 Å². The summed E-state index contributed by atoms with van der Waals surface area (Å²) < 4.78 is 2.04. The number of aryl methyl sites for hydroxylation is 1. The lowest BCUT2D eigenvalue weighted by Crippen LogP contribution is -2.36. The Labute approximate surface area is 125 Å². The number of aromatic nitrogens is 2. The zero-order valence-corrected chi connectivity index (χ0v) is 13.0. The molecule has 0 bridgehead atoms. The quantitative estimate of drug-likeness (QED) is 0.806. The number of hydrogen-bond donors (Lipinski definition) is 0. The summed E-state index contributed by atoms with van der Waals surface area (Å²) in [5.74, 6) is 0.797. The van der Waals surface area contributed by atoms with E-state index in [1.807, 2.05) is 17.9 Å². The maximum atomic E-state index is 6.62. The molecule has 1 saturated heterocycles. The summed E-state index contributed by atoms with van der Waals surface area (Å²) in [6.07, 6.45) is 4.50. The van der Waals surface area contributed by atoms with Crippen LogP contribution in [0.1, 0.15) is 30.7 Å². The van der Waals surface area contributed by atoms with Gasteiger partial charge in [0, 0.05) is 20.1 Å². The van der Waals surface area contributed by atoms with E-state index >= 15 is 0 Å². The first-order valence-corrected chi connectivity index (χ1v) is 7.84. The molecule has 2 aromatic rings. The maximum absolute atomic E-state index is 6.62. The summed E-state index contributed by atoms with van der Waals surface area (Å²) in [6, 6.07) is 6.38. The monoisotopic (exact) mass is 291 g/mol. The molecule has 4 heteroatoms. The van der Waals surface area contributed by atoms with Gasteiger partial charge < -0.3 is 9.47 Å². The van der Waals surface area contributed by atoms with E-state index in [4.69, 9.17) is 11.6 Å². The van der Waals surface area contributed by atoms with Gasteiger partial charge in [-0.25, -0.2) is 4.98 Å². The number of imidazole rings is 1. The van der Waals surface area contributed by atoms with Crippen LogP contribution < -0.4 is 0 Å². The van der Waals surface area contributed by atoms with Crippen LogP contribution in [0.3, 0.4) is 0 Å². The van der Waals surface area contributed by atoms with Gasteiger partial charge in [-0.05, 0) is 43.0 Å². The number of likely N-dealkylation sites (tertiary alicyclic amines) is 1. The van der Waals surface area contributed by atoms with Gasteiger partial charge in [-0.2, -0.15) is 0 Å². The van der Waals surface area contributed by atoms with Crippen molar-refractivity contribution in [3.05, 3.63) is 30.1 Å². The van der Waals surface area contributed by atoms with Crippen molar-refractivity contribution < 1.29 is 0 Å². The topological polar surface area (TPSA) is 21.1 Å². The van der Waals surface area contributed by atoms with Crippen molar-refractivity contribution in [2.45, 2.75) is 25.1 Å². The molecule has 1 fully saturated rings. The summed E-state index contributed by atoms with van der Waals surface area (Å²) >= 11 is 6.62. The van der Waals surface area contributed by atoms with Crippen LogP contribution in [0.2, 0.25) is 0 Å². The largest absolute Gasteiger partial charge is 0.334 e. The first kappa shape index (κ1) is 13.9. The van der Waals surface area contributed by atoms with E-state index in [0.717, 1.165) is 23.5 Å². The predicted octanol–water partition coefficient (Wildman–Crippen LogP) is 3.59. The molecule has 2 atom stereocenters. The maximum Gasteiger partial charge on any atom is 0.0955 e. The van der Waals surface area contributed by atoms with E-state index < -0.39 is 0 Å². The highest BCUT2D eigenvalue weighted by Gasteiger charge is 2.20. The van der Waals surface area contributed by atoms with Gasteiger partial charge >= 0.3 is 0 Å². The number of alkyl halides is 1. The van der Waals surface area contributed by atoms with Gasteiger partial charge in [-0.3, -0.25) is 0 Å². The molecule has 0 N–H and O–H groups in total. The molecule has 3 nitrogen and oxygen atoms in total. The second kappa shape index (κ2) is 5.74. The molecule has 0 saturated carbocycles. The zero-order chi connectivity index (χ0) is 14.1. The SMILES string of the molecule is CC1CCCN(CC(Cl)c2ccc3c(c2)ncn3C)C1. The molecule has 1 aromatic heterocycles. The van der Waals surface area contributed by atoms with Crippen molar-refractivity contribution in [2.75, 3.05) is 19.6 Å². The fourth-order valence-electron chi connectivity index (χ4n) is 3.13. The number of nitrogens with zero attached hydrogens (tertiary/aromatic N) is 3. The van der Waals surface area contributed by atoms with Gasteiger partial charge in [0.2, 0.25) is 0 Å². The molecule has 3 rings (SSSR count). The Morgan fingerprint density at radius 3 is 3.10 bits per heavy atom. The third-order valence-corrected chi connectivity index (χ3v) is 4.66. The van der Waals surface area contributed by atoms with Crippen molar-refractivity contribution in [1.29, 1.82) is 0 Å². The molecule has 2 heterocycles. The van der Waals surface area contributed by atoms with E-state index in [1.165, 1.54) is 31.5 Å². The van der Waals surface area contributed by atoms with Gasteiger partial charge in [0.1, 0.15) is 0 Å². The average molecular weight is 292 g/mol. The van der Waals surface area contributed by atoms with Gasteiger partial charge in [0.05, 0.1) is 22.7 Å². The lowest BCUT2D eigenvalue weighted by molar-refractivity contribution is 0.184. The predicted molar refractivity (Wildman–Crippen MR) is 84.1 cm³/mol. The van der Waals surface area contributed by atoms with Crippen molar-refractivity contribution in [3.63, 3.8) is 0 Å².